The van der Waals surface area contributed by atoms with Crippen molar-refractivity contribution in [1.82, 2.24) is 20.0 Å². The van der Waals surface area contributed by atoms with E-state index in [4.69, 9.17) is 13.9 Å². The molecule has 2 aromatic heterocycles. The lowest BCUT2D eigenvalue weighted by Gasteiger charge is -2.10. The smallest absolute Gasteiger partial charge is 0.342 e. The second kappa shape index (κ2) is 8.43. The van der Waals surface area contributed by atoms with Gasteiger partial charge in [-0.3, -0.25) is 0 Å². The van der Waals surface area contributed by atoms with Gasteiger partial charge in [-0.25, -0.2) is 9.48 Å². The van der Waals surface area contributed by atoms with E-state index in [2.05, 4.69) is 15.3 Å². The highest BCUT2D eigenvalue weighted by Crippen LogP contribution is 2.26. The largest absolute Gasteiger partial charge is 0.497 e. The molecule has 0 bridgehead atoms. The van der Waals surface area contributed by atoms with Crippen LogP contribution in [0.4, 0.5) is 0 Å². The molecule has 31 heavy (non-hydrogen) atoms. The van der Waals surface area contributed by atoms with E-state index in [1.54, 1.807) is 37.8 Å². The number of rotatable bonds is 6. The Labute approximate surface area is 179 Å². The molecule has 0 N–H and O–H groups in total. The third-order valence-electron chi connectivity index (χ3n) is 4.91. The number of carbonyl (C=O) groups excluding carboxylic acids is 1. The molecule has 0 spiro atoms. The van der Waals surface area contributed by atoms with Crippen LogP contribution in [0.1, 0.15) is 40.7 Å². The van der Waals surface area contributed by atoms with Crippen LogP contribution in [-0.2, 0) is 4.74 Å². The number of carbonyl (C=O) groups is 1. The summed E-state index contributed by atoms with van der Waals surface area (Å²) in [5.74, 6) is 0.788. The summed E-state index contributed by atoms with van der Waals surface area (Å²) in [6.07, 6.45) is -0.717. The molecule has 4 rings (SSSR count). The van der Waals surface area contributed by atoms with Crippen LogP contribution < -0.4 is 4.74 Å². The first-order valence-electron chi connectivity index (χ1n) is 9.78. The zero-order chi connectivity index (χ0) is 22.0. The lowest BCUT2D eigenvalue weighted by atomic mass is 10.2. The normalized spacial score (nSPS) is 11.9. The highest BCUT2D eigenvalue weighted by Gasteiger charge is 2.25. The first-order valence-corrected chi connectivity index (χ1v) is 9.78. The van der Waals surface area contributed by atoms with Gasteiger partial charge in [0.2, 0.25) is 5.89 Å². The van der Waals surface area contributed by atoms with Gasteiger partial charge < -0.3 is 13.9 Å². The molecule has 8 nitrogen and oxygen atoms in total. The number of esters is 1. The van der Waals surface area contributed by atoms with Gasteiger partial charge in [-0.2, -0.15) is 5.10 Å². The first-order chi connectivity index (χ1) is 15.0. The lowest BCUT2D eigenvalue weighted by Crippen LogP contribution is -2.11. The molecule has 0 aliphatic carbocycles. The van der Waals surface area contributed by atoms with Crippen LogP contribution in [0, 0.1) is 13.8 Å². The van der Waals surface area contributed by atoms with E-state index in [0.29, 0.717) is 22.8 Å². The van der Waals surface area contributed by atoms with Gasteiger partial charge in [-0.15, -0.1) is 10.2 Å². The number of aromatic nitrogens is 4. The van der Waals surface area contributed by atoms with E-state index >= 15 is 0 Å². The van der Waals surface area contributed by atoms with Gasteiger partial charge in [0.1, 0.15) is 11.3 Å². The van der Waals surface area contributed by atoms with E-state index in [1.807, 2.05) is 49.4 Å². The number of aryl methyl sites for hydroxylation is 1. The standard InChI is InChI=1S/C23H22N4O4/c1-14-20(15(2)27(26-14)18-8-6-5-7-9-18)23(28)30-16(3)21-24-25-22(31-21)17-10-12-19(29-4)13-11-17/h5-13,16H,1-4H3/t16-/m0/s1. The zero-order valence-electron chi connectivity index (χ0n) is 17.7. The molecule has 1 atom stereocenters. The predicted molar refractivity (Wildman–Crippen MR) is 113 cm³/mol. The number of methoxy groups -OCH3 is 1. The van der Waals surface area contributed by atoms with E-state index < -0.39 is 12.1 Å². The summed E-state index contributed by atoms with van der Waals surface area (Å²) in [7, 11) is 1.60. The van der Waals surface area contributed by atoms with Crippen molar-refractivity contribution in [3.8, 4) is 22.9 Å². The number of ether oxygens (including phenoxy) is 2. The van der Waals surface area contributed by atoms with Crippen LogP contribution in [0.5, 0.6) is 5.75 Å². The van der Waals surface area contributed by atoms with E-state index in [0.717, 1.165) is 17.0 Å². The quantitative estimate of drug-likeness (QED) is 0.427. The fourth-order valence-electron chi connectivity index (χ4n) is 3.28. The molecule has 0 amide bonds. The number of nitrogens with zero attached hydrogens (tertiary/aromatic N) is 4. The van der Waals surface area contributed by atoms with Gasteiger partial charge in [-0.05, 0) is 57.2 Å². The SMILES string of the molecule is COc1ccc(-c2nnc([C@H](C)OC(=O)c3c(C)nn(-c4ccccc4)c3C)o2)cc1. The minimum Gasteiger partial charge on any atom is -0.497 e. The fourth-order valence-corrected chi connectivity index (χ4v) is 3.28. The van der Waals surface area contributed by atoms with E-state index in [9.17, 15) is 4.79 Å². The third-order valence-corrected chi connectivity index (χ3v) is 4.91. The van der Waals surface area contributed by atoms with Crippen molar-refractivity contribution in [2.75, 3.05) is 7.11 Å². The molecule has 2 heterocycles. The maximum atomic E-state index is 12.9. The second-order valence-corrected chi connectivity index (χ2v) is 7.01. The summed E-state index contributed by atoms with van der Waals surface area (Å²) in [6, 6.07) is 16.9. The Morgan fingerprint density at radius 1 is 1.03 bits per heavy atom. The van der Waals surface area contributed by atoms with E-state index in [-0.39, 0.29) is 5.89 Å². The molecule has 158 valence electrons. The van der Waals surface area contributed by atoms with Crippen molar-refractivity contribution >= 4 is 5.97 Å². The average Bonchev–Trinajstić information content (AvgIpc) is 3.39. The van der Waals surface area contributed by atoms with Gasteiger partial charge in [0.05, 0.1) is 24.2 Å². The van der Waals surface area contributed by atoms with Gasteiger partial charge >= 0.3 is 5.97 Å². The number of benzene rings is 2. The first kappa shape index (κ1) is 20.3. The Kier molecular flexibility index (Phi) is 5.53. The minimum absolute atomic E-state index is 0.213. The molecule has 8 heteroatoms. The van der Waals surface area contributed by atoms with Crippen LogP contribution in [0.25, 0.3) is 17.1 Å². The number of hydrogen-bond donors (Lipinski definition) is 0. The van der Waals surface area contributed by atoms with Crippen molar-refractivity contribution in [3.63, 3.8) is 0 Å². The molecule has 0 saturated carbocycles. The van der Waals surface area contributed by atoms with E-state index in [1.165, 1.54) is 0 Å². The molecule has 0 radical (unpaired) electrons. The number of hydrogen-bond acceptors (Lipinski definition) is 7. The van der Waals surface area contributed by atoms with Crippen LogP contribution in [-0.4, -0.2) is 33.1 Å². The van der Waals surface area contributed by atoms with Crippen molar-refractivity contribution in [1.29, 1.82) is 0 Å². The predicted octanol–water partition coefficient (Wildman–Crippen LogP) is 4.47. The number of para-hydroxylation sites is 1. The van der Waals surface area contributed by atoms with Gasteiger partial charge in [0, 0.05) is 5.56 Å². The Hall–Kier alpha value is -3.94. The second-order valence-electron chi connectivity index (χ2n) is 7.01. The molecular weight excluding hydrogens is 396 g/mol. The summed E-state index contributed by atoms with van der Waals surface area (Å²) in [4.78, 5) is 12.9. The molecule has 0 unspecified atom stereocenters. The Bertz CT molecular complexity index is 1200. The van der Waals surface area contributed by atoms with Crippen LogP contribution in [0.3, 0.4) is 0 Å². The molecule has 4 aromatic rings. The highest BCUT2D eigenvalue weighted by molar-refractivity contribution is 5.92. The third kappa shape index (κ3) is 4.05. The highest BCUT2D eigenvalue weighted by atomic mass is 16.6. The van der Waals surface area contributed by atoms with Gasteiger partial charge in [0.25, 0.3) is 5.89 Å². The molecule has 0 saturated heterocycles. The zero-order valence-corrected chi connectivity index (χ0v) is 17.7. The van der Waals surface area contributed by atoms with Crippen molar-refractivity contribution < 1.29 is 18.7 Å². The fraction of sp³-hybridized carbons (Fsp3) is 0.217. The Morgan fingerprint density at radius 3 is 2.42 bits per heavy atom. The summed E-state index contributed by atoms with van der Waals surface area (Å²) in [5.41, 5.74) is 3.32. The van der Waals surface area contributed by atoms with Crippen LogP contribution in [0.15, 0.2) is 59.0 Å². The molecule has 0 aliphatic heterocycles. The van der Waals surface area contributed by atoms with Crippen LogP contribution >= 0.6 is 0 Å². The topological polar surface area (TPSA) is 92.3 Å². The summed E-state index contributed by atoms with van der Waals surface area (Å²) < 4.78 is 18.2. The summed E-state index contributed by atoms with van der Waals surface area (Å²) in [6.45, 7) is 5.31. The molecule has 0 aliphatic rings. The molecule has 2 aromatic carbocycles. The Morgan fingerprint density at radius 2 is 1.74 bits per heavy atom. The molecular formula is C23H22N4O4. The van der Waals surface area contributed by atoms with Crippen molar-refractivity contribution in [3.05, 3.63) is 77.4 Å². The van der Waals surface area contributed by atoms with Gasteiger partial charge in [0.15, 0.2) is 6.10 Å². The lowest BCUT2D eigenvalue weighted by molar-refractivity contribution is 0.0278. The Balaban J connectivity index is 1.52. The minimum atomic E-state index is -0.717. The van der Waals surface area contributed by atoms with Crippen molar-refractivity contribution in [2.45, 2.75) is 26.9 Å². The molecule has 0 fully saturated rings. The summed E-state index contributed by atoms with van der Waals surface area (Å²) in [5, 5.41) is 12.6. The van der Waals surface area contributed by atoms with Crippen molar-refractivity contribution in [2.24, 2.45) is 0 Å². The average molecular weight is 418 g/mol. The monoisotopic (exact) mass is 418 g/mol. The van der Waals surface area contributed by atoms with Gasteiger partial charge in [-0.1, -0.05) is 18.2 Å². The maximum Gasteiger partial charge on any atom is 0.342 e. The summed E-state index contributed by atoms with van der Waals surface area (Å²) >= 11 is 0. The van der Waals surface area contributed by atoms with Crippen LogP contribution in [0.2, 0.25) is 0 Å². The maximum absolute atomic E-state index is 12.9.